The number of furan rings is 1. The second-order valence-electron chi connectivity index (χ2n) is 7.03. The first kappa shape index (κ1) is 20.5. The molecular formula is C26H17BrN2O2S. The molecule has 0 saturated carbocycles. The lowest BCUT2D eigenvalue weighted by Crippen LogP contribution is -2.28. The first-order chi connectivity index (χ1) is 15.7. The molecule has 32 heavy (non-hydrogen) atoms. The van der Waals surface area contributed by atoms with Crippen LogP contribution in [-0.2, 0) is 4.79 Å². The van der Waals surface area contributed by atoms with E-state index in [0.29, 0.717) is 15.8 Å². The normalized spacial score (nSPS) is 16.3. The molecule has 5 rings (SSSR count). The van der Waals surface area contributed by atoms with Gasteiger partial charge in [0.05, 0.1) is 16.3 Å². The number of carbonyl (C=O) groups is 1. The zero-order chi connectivity index (χ0) is 21.9. The topological polar surface area (TPSA) is 45.8 Å². The van der Waals surface area contributed by atoms with Crippen molar-refractivity contribution in [1.29, 1.82) is 0 Å². The van der Waals surface area contributed by atoms with E-state index in [1.165, 1.54) is 11.8 Å². The van der Waals surface area contributed by atoms with E-state index in [2.05, 4.69) is 15.9 Å². The zero-order valence-electron chi connectivity index (χ0n) is 16.8. The summed E-state index contributed by atoms with van der Waals surface area (Å²) in [6.45, 7) is 0. The number of aliphatic imine (C=N–C) groups is 1. The van der Waals surface area contributed by atoms with Crippen molar-refractivity contribution in [3.63, 3.8) is 0 Å². The Morgan fingerprint density at radius 3 is 2.25 bits per heavy atom. The Labute approximate surface area is 198 Å². The van der Waals surface area contributed by atoms with Crippen LogP contribution in [0.25, 0.3) is 17.4 Å². The van der Waals surface area contributed by atoms with Crippen LogP contribution in [0.4, 0.5) is 11.4 Å². The Kier molecular flexibility index (Phi) is 5.79. The van der Waals surface area contributed by atoms with E-state index in [4.69, 9.17) is 9.41 Å². The number of hydrogen-bond acceptors (Lipinski definition) is 4. The predicted octanol–water partition coefficient (Wildman–Crippen LogP) is 7.52. The fraction of sp³-hybridized carbons (Fsp3) is 0. The van der Waals surface area contributed by atoms with Gasteiger partial charge in [0.1, 0.15) is 11.5 Å². The largest absolute Gasteiger partial charge is 0.457 e. The number of anilines is 1. The number of halogens is 1. The number of para-hydroxylation sites is 2. The van der Waals surface area contributed by atoms with Crippen molar-refractivity contribution >= 4 is 56.2 Å². The van der Waals surface area contributed by atoms with Crippen LogP contribution in [0.3, 0.4) is 0 Å². The number of amides is 1. The van der Waals surface area contributed by atoms with Gasteiger partial charge in [-0.05, 0) is 60.3 Å². The van der Waals surface area contributed by atoms with Crippen LogP contribution in [0.15, 0.2) is 116 Å². The lowest BCUT2D eigenvalue weighted by Gasteiger charge is -2.15. The van der Waals surface area contributed by atoms with Crippen LogP contribution in [-0.4, -0.2) is 11.1 Å². The molecule has 3 aromatic carbocycles. The highest BCUT2D eigenvalue weighted by Crippen LogP contribution is 2.37. The average Bonchev–Trinajstić information content (AvgIpc) is 3.40. The van der Waals surface area contributed by atoms with Gasteiger partial charge in [-0.2, -0.15) is 0 Å². The van der Waals surface area contributed by atoms with Gasteiger partial charge in [-0.15, -0.1) is 0 Å². The number of carbonyl (C=O) groups excluding carboxylic acids is 1. The fourth-order valence-corrected chi connectivity index (χ4v) is 4.54. The molecule has 0 atom stereocenters. The summed E-state index contributed by atoms with van der Waals surface area (Å²) in [5, 5.41) is 0.610. The maximum absolute atomic E-state index is 13.3. The molecule has 0 spiro atoms. The third-order valence-electron chi connectivity index (χ3n) is 4.83. The summed E-state index contributed by atoms with van der Waals surface area (Å²) in [5.41, 5.74) is 2.54. The van der Waals surface area contributed by atoms with Crippen molar-refractivity contribution in [2.45, 2.75) is 0 Å². The molecule has 0 N–H and O–H groups in total. The molecule has 1 saturated heterocycles. The van der Waals surface area contributed by atoms with Gasteiger partial charge in [0, 0.05) is 16.1 Å². The smallest absolute Gasteiger partial charge is 0.271 e. The van der Waals surface area contributed by atoms with E-state index >= 15 is 0 Å². The molecular weight excluding hydrogens is 484 g/mol. The number of amidine groups is 1. The van der Waals surface area contributed by atoms with Gasteiger partial charge in [-0.3, -0.25) is 9.69 Å². The Morgan fingerprint density at radius 2 is 1.53 bits per heavy atom. The van der Waals surface area contributed by atoms with E-state index in [-0.39, 0.29) is 5.91 Å². The lowest BCUT2D eigenvalue weighted by atomic mass is 10.2. The lowest BCUT2D eigenvalue weighted by molar-refractivity contribution is -0.113. The number of thioether (sulfide) groups is 1. The molecule has 1 aromatic heterocycles. The molecule has 0 unspecified atom stereocenters. The summed E-state index contributed by atoms with van der Waals surface area (Å²) in [5.74, 6) is 1.24. The molecule has 1 aliphatic rings. The summed E-state index contributed by atoms with van der Waals surface area (Å²) in [6.07, 6.45) is 1.78. The second kappa shape index (κ2) is 9.02. The Hall–Kier alpha value is -3.35. The maximum Gasteiger partial charge on any atom is 0.271 e. The van der Waals surface area contributed by atoms with Crippen molar-refractivity contribution in [2.24, 2.45) is 4.99 Å². The maximum atomic E-state index is 13.3. The van der Waals surface area contributed by atoms with Crippen LogP contribution in [0.5, 0.6) is 0 Å². The van der Waals surface area contributed by atoms with Gasteiger partial charge in [-0.25, -0.2) is 4.99 Å². The van der Waals surface area contributed by atoms with Crippen LogP contribution < -0.4 is 4.90 Å². The first-order valence-corrected chi connectivity index (χ1v) is 11.6. The number of benzene rings is 3. The molecule has 0 aliphatic carbocycles. The third-order valence-corrected chi connectivity index (χ3v) is 6.33. The van der Waals surface area contributed by atoms with E-state index in [0.717, 1.165) is 27.2 Å². The molecule has 6 heteroatoms. The number of hydrogen-bond donors (Lipinski definition) is 0. The van der Waals surface area contributed by atoms with Gasteiger partial charge >= 0.3 is 0 Å². The summed E-state index contributed by atoms with van der Waals surface area (Å²) < 4.78 is 7.01. The summed E-state index contributed by atoms with van der Waals surface area (Å²) in [7, 11) is 0. The number of rotatable bonds is 4. The van der Waals surface area contributed by atoms with Crippen molar-refractivity contribution < 1.29 is 9.21 Å². The third kappa shape index (κ3) is 4.33. The highest BCUT2D eigenvalue weighted by molar-refractivity contribution is 9.10. The van der Waals surface area contributed by atoms with E-state index in [9.17, 15) is 4.79 Å². The highest BCUT2D eigenvalue weighted by atomic mass is 79.9. The van der Waals surface area contributed by atoms with E-state index in [1.54, 1.807) is 11.0 Å². The van der Waals surface area contributed by atoms with Crippen LogP contribution in [0.1, 0.15) is 5.76 Å². The Balaban J connectivity index is 1.50. The minimum absolute atomic E-state index is 0.127. The van der Waals surface area contributed by atoms with E-state index in [1.807, 2.05) is 97.1 Å². The minimum Gasteiger partial charge on any atom is -0.457 e. The van der Waals surface area contributed by atoms with E-state index < -0.39 is 0 Å². The molecule has 2 heterocycles. The van der Waals surface area contributed by atoms with Crippen LogP contribution in [0, 0.1) is 0 Å². The van der Waals surface area contributed by atoms with Gasteiger partial charge in [0.2, 0.25) is 0 Å². The summed E-state index contributed by atoms with van der Waals surface area (Å²) in [4.78, 5) is 20.3. The molecule has 0 radical (unpaired) electrons. The molecule has 1 aliphatic heterocycles. The second-order valence-corrected chi connectivity index (χ2v) is 8.95. The highest BCUT2D eigenvalue weighted by Gasteiger charge is 2.35. The average molecular weight is 501 g/mol. The minimum atomic E-state index is -0.127. The predicted molar refractivity (Wildman–Crippen MR) is 135 cm³/mol. The molecule has 1 amide bonds. The fourth-order valence-electron chi connectivity index (χ4n) is 3.30. The molecule has 0 bridgehead atoms. The Morgan fingerprint density at radius 1 is 0.844 bits per heavy atom. The van der Waals surface area contributed by atoms with Crippen molar-refractivity contribution in [3.8, 4) is 11.3 Å². The summed E-state index contributed by atoms with van der Waals surface area (Å²) >= 11 is 4.79. The molecule has 156 valence electrons. The first-order valence-electron chi connectivity index (χ1n) is 9.96. The van der Waals surface area contributed by atoms with Crippen molar-refractivity contribution in [1.82, 2.24) is 0 Å². The van der Waals surface area contributed by atoms with Crippen molar-refractivity contribution in [2.75, 3.05) is 4.90 Å². The van der Waals surface area contributed by atoms with Crippen LogP contribution in [0.2, 0.25) is 0 Å². The van der Waals surface area contributed by atoms with Gasteiger partial charge < -0.3 is 4.42 Å². The van der Waals surface area contributed by atoms with Gasteiger partial charge in [0.15, 0.2) is 5.17 Å². The SMILES string of the molecule is O=C1/C(=C/c2ccc(-c3ccc(Br)cc3)o2)SC(=Nc2ccccc2)N1c1ccccc1. The zero-order valence-corrected chi connectivity index (χ0v) is 19.2. The quantitative estimate of drug-likeness (QED) is 0.272. The Bertz CT molecular complexity index is 1310. The molecule has 4 nitrogen and oxygen atoms in total. The van der Waals surface area contributed by atoms with Crippen molar-refractivity contribution in [3.05, 3.63) is 112 Å². The number of nitrogens with zero attached hydrogens (tertiary/aromatic N) is 2. The monoisotopic (exact) mass is 500 g/mol. The molecule has 1 fully saturated rings. The van der Waals surface area contributed by atoms with Crippen LogP contribution >= 0.6 is 27.7 Å². The molecule has 4 aromatic rings. The van der Waals surface area contributed by atoms with Gasteiger partial charge in [0.25, 0.3) is 5.91 Å². The standard InChI is InChI=1S/C26H17BrN2O2S/c27-19-13-11-18(12-14-19)23-16-15-22(31-23)17-24-25(30)29(21-9-5-2-6-10-21)26(32-24)28-20-7-3-1-4-8-20/h1-17H/b24-17-,28-26?. The summed E-state index contributed by atoms with van der Waals surface area (Å²) in [6, 6.07) is 30.9. The van der Waals surface area contributed by atoms with Gasteiger partial charge in [-0.1, -0.05) is 64.5 Å².